The molecule has 1 saturated carbocycles. The largest absolute Gasteiger partial charge is 0.478 e. The van der Waals surface area contributed by atoms with E-state index in [0.29, 0.717) is 30.9 Å². The van der Waals surface area contributed by atoms with Crippen LogP contribution >= 0.6 is 0 Å². The molecule has 0 aromatic heterocycles. The van der Waals surface area contributed by atoms with Crippen LogP contribution in [0.25, 0.3) is 0 Å². The molecule has 1 amide bonds. The molecule has 1 aromatic carbocycles. The predicted octanol–water partition coefficient (Wildman–Crippen LogP) is 2.51. The van der Waals surface area contributed by atoms with E-state index in [0.717, 1.165) is 31.8 Å². The van der Waals surface area contributed by atoms with Crippen LogP contribution in [0.2, 0.25) is 0 Å². The molecule has 0 radical (unpaired) electrons. The first kappa shape index (κ1) is 18.3. The molecule has 146 valence electrons. The van der Waals surface area contributed by atoms with E-state index in [1.54, 1.807) is 4.90 Å². The topological polar surface area (TPSA) is 88.1 Å². The van der Waals surface area contributed by atoms with Crippen molar-refractivity contribution in [3.63, 3.8) is 0 Å². The Morgan fingerprint density at radius 1 is 1.26 bits per heavy atom. The van der Waals surface area contributed by atoms with Gasteiger partial charge in [0.05, 0.1) is 17.8 Å². The van der Waals surface area contributed by atoms with Gasteiger partial charge in [0.2, 0.25) is 0 Å². The summed E-state index contributed by atoms with van der Waals surface area (Å²) in [5.74, 6) is 0.127. The average molecular weight is 374 g/mol. The lowest BCUT2D eigenvalue weighted by Gasteiger charge is -2.38. The van der Waals surface area contributed by atoms with Gasteiger partial charge in [0.1, 0.15) is 5.75 Å². The molecule has 2 N–H and O–H groups in total. The lowest BCUT2D eigenvalue weighted by atomic mass is 9.87. The smallest absolute Gasteiger partial charge is 0.415 e. The Morgan fingerprint density at radius 3 is 2.52 bits per heavy atom. The van der Waals surface area contributed by atoms with Crippen molar-refractivity contribution in [1.29, 1.82) is 0 Å². The molecule has 2 heterocycles. The first-order chi connectivity index (χ1) is 12.9. The molecule has 3 fully saturated rings. The molecule has 0 bridgehead atoms. The Balaban J connectivity index is 1.26. The number of nitrogens with one attached hydrogen (secondary N) is 1. The van der Waals surface area contributed by atoms with Crippen molar-refractivity contribution in [2.75, 3.05) is 19.7 Å². The second kappa shape index (κ2) is 7.13. The van der Waals surface area contributed by atoms with Crippen molar-refractivity contribution in [1.82, 2.24) is 10.2 Å². The number of piperidine rings is 1. The number of carbonyl (C=O) groups excluding carboxylic acids is 1. The van der Waals surface area contributed by atoms with Gasteiger partial charge in [-0.15, -0.1) is 0 Å². The number of hydrogen-bond acceptors (Lipinski definition) is 5. The van der Waals surface area contributed by atoms with Crippen molar-refractivity contribution in [2.45, 2.75) is 50.3 Å². The zero-order valence-corrected chi connectivity index (χ0v) is 15.5. The molecule has 7 heteroatoms. The minimum Gasteiger partial charge on any atom is -0.478 e. The summed E-state index contributed by atoms with van der Waals surface area (Å²) >= 11 is 0. The number of ether oxygens (including phenoxy) is 2. The van der Waals surface area contributed by atoms with Gasteiger partial charge in [-0.1, -0.05) is 6.92 Å². The van der Waals surface area contributed by atoms with E-state index < -0.39 is 12.1 Å². The molecule has 7 nitrogen and oxygen atoms in total. The average Bonchev–Trinajstić information content (AvgIpc) is 3.20. The highest BCUT2D eigenvalue weighted by atomic mass is 16.6. The van der Waals surface area contributed by atoms with Gasteiger partial charge in [-0.2, -0.15) is 0 Å². The van der Waals surface area contributed by atoms with Gasteiger partial charge in [0.25, 0.3) is 0 Å². The molecule has 2 saturated heterocycles. The lowest BCUT2D eigenvalue weighted by molar-refractivity contribution is -0.0389. The summed E-state index contributed by atoms with van der Waals surface area (Å²) in [6.45, 7) is 4.24. The maximum Gasteiger partial charge on any atom is 0.415 e. The molecule has 4 rings (SSSR count). The van der Waals surface area contributed by atoms with Crippen molar-refractivity contribution < 1.29 is 24.2 Å². The summed E-state index contributed by atoms with van der Waals surface area (Å²) in [6, 6.07) is 6.93. The standard InChI is InChI=1S/C20H26N2O5/c1-13-10-17(13)21-15-11-20(26-12-15)6-8-22(9-7-20)19(25)27-16-4-2-14(3-5-16)18(23)24/h2-5,13,15,17,21H,6-12H2,1H3,(H,23,24)/t13-,15?,17-/m1/s1. The number of hydrogen-bond donors (Lipinski definition) is 2. The van der Waals surface area contributed by atoms with Gasteiger partial charge >= 0.3 is 12.1 Å². The van der Waals surface area contributed by atoms with Crippen LogP contribution in [-0.4, -0.2) is 59.5 Å². The van der Waals surface area contributed by atoms with Crippen LogP contribution in [0.5, 0.6) is 5.75 Å². The van der Waals surface area contributed by atoms with E-state index in [1.807, 2.05) is 0 Å². The number of carboxylic acids is 1. The highest BCUT2D eigenvalue weighted by Crippen LogP contribution is 2.38. The number of carbonyl (C=O) groups is 2. The lowest BCUT2D eigenvalue weighted by Crippen LogP contribution is -2.47. The van der Waals surface area contributed by atoms with Gasteiger partial charge in [0, 0.05) is 25.2 Å². The summed E-state index contributed by atoms with van der Waals surface area (Å²) < 4.78 is 11.5. The molecule has 1 aromatic rings. The highest BCUT2D eigenvalue weighted by Gasteiger charge is 2.45. The van der Waals surface area contributed by atoms with Crippen molar-refractivity contribution in [3.8, 4) is 5.75 Å². The van der Waals surface area contributed by atoms with Gasteiger partial charge in [0.15, 0.2) is 0 Å². The van der Waals surface area contributed by atoms with Crippen LogP contribution in [-0.2, 0) is 4.74 Å². The van der Waals surface area contributed by atoms with Gasteiger partial charge in [-0.3, -0.25) is 0 Å². The Morgan fingerprint density at radius 2 is 1.93 bits per heavy atom. The normalized spacial score (nSPS) is 28.9. The molecule has 1 spiro atoms. The monoisotopic (exact) mass is 374 g/mol. The Hall–Kier alpha value is -2.12. The summed E-state index contributed by atoms with van der Waals surface area (Å²) in [6.07, 6.45) is 3.51. The van der Waals surface area contributed by atoms with Crippen molar-refractivity contribution in [3.05, 3.63) is 29.8 Å². The molecular formula is C20H26N2O5. The number of nitrogens with zero attached hydrogens (tertiary/aromatic N) is 1. The number of likely N-dealkylation sites (tertiary alicyclic amines) is 1. The number of aromatic carboxylic acids is 1. The molecular weight excluding hydrogens is 348 g/mol. The van der Waals surface area contributed by atoms with E-state index in [4.69, 9.17) is 14.6 Å². The van der Waals surface area contributed by atoms with E-state index in [9.17, 15) is 9.59 Å². The predicted molar refractivity (Wildman–Crippen MR) is 98.0 cm³/mol. The second-order valence-electron chi connectivity index (χ2n) is 8.07. The van der Waals surface area contributed by atoms with Crippen LogP contribution in [0.4, 0.5) is 4.79 Å². The fourth-order valence-corrected chi connectivity index (χ4v) is 4.08. The molecule has 1 unspecified atom stereocenters. The summed E-state index contributed by atoms with van der Waals surface area (Å²) in [5, 5.41) is 12.6. The minimum absolute atomic E-state index is 0.115. The molecule has 3 atom stereocenters. The highest BCUT2D eigenvalue weighted by molar-refractivity contribution is 5.87. The maximum absolute atomic E-state index is 12.4. The SMILES string of the molecule is C[C@@H]1C[C@H]1NC1COC2(CCN(C(=O)Oc3ccc(C(=O)O)cc3)CC2)C1. The number of amides is 1. The Bertz CT molecular complexity index is 712. The van der Waals surface area contributed by atoms with E-state index in [2.05, 4.69) is 12.2 Å². The van der Waals surface area contributed by atoms with Crippen molar-refractivity contribution >= 4 is 12.1 Å². The van der Waals surface area contributed by atoms with Crippen LogP contribution in [0.1, 0.15) is 43.0 Å². The van der Waals surface area contributed by atoms with Crippen molar-refractivity contribution in [2.24, 2.45) is 5.92 Å². The summed E-state index contributed by atoms with van der Waals surface area (Å²) in [7, 11) is 0. The first-order valence-electron chi connectivity index (χ1n) is 9.64. The van der Waals surface area contributed by atoms with Gasteiger partial charge in [-0.25, -0.2) is 9.59 Å². The third kappa shape index (κ3) is 4.09. The number of carboxylic acid groups (broad SMARTS) is 1. The zero-order chi connectivity index (χ0) is 19.0. The van der Waals surface area contributed by atoms with Crippen LogP contribution < -0.4 is 10.1 Å². The third-order valence-electron chi connectivity index (χ3n) is 6.01. The summed E-state index contributed by atoms with van der Waals surface area (Å²) in [5.41, 5.74) is 0.0484. The fourth-order valence-electron chi connectivity index (χ4n) is 4.08. The van der Waals surface area contributed by atoms with E-state index >= 15 is 0 Å². The molecule has 3 aliphatic rings. The van der Waals surface area contributed by atoms with Crippen LogP contribution in [0.15, 0.2) is 24.3 Å². The Kier molecular flexibility index (Phi) is 4.82. The number of rotatable bonds is 4. The molecule has 27 heavy (non-hydrogen) atoms. The Labute approximate surface area is 158 Å². The second-order valence-corrected chi connectivity index (χ2v) is 8.07. The molecule has 2 aliphatic heterocycles. The van der Waals surface area contributed by atoms with E-state index in [1.165, 1.54) is 30.7 Å². The van der Waals surface area contributed by atoms with Crippen LogP contribution in [0.3, 0.4) is 0 Å². The fraction of sp³-hybridized carbons (Fsp3) is 0.600. The quantitative estimate of drug-likeness (QED) is 0.842. The van der Waals surface area contributed by atoms with E-state index in [-0.39, 0.29) is 11.2 Å². The molecule has 1 aliphatic carbocycles. The zero-order valence-electron chi connectivity index (χ0n) is 15.5. The van der Waals surface area contributed by atoms with Gasteiger partial charge < -0.3 is 24.8 Å². The van der Waals surface area contributed by atoms with Gasteiger partial charge in [-0.05, 0) is 55.9 Å². The number of benzene rings is 1. The van der Waals surface area contributed by atoms with Crippen LogP contribution in [0, 0.1) is 5.92 Å². The third-order valence-corrected chi connectivity index (χ3v) is 6.01. The summed E-state index contributed by atoms with van der Waals surface area (Å²) in [4.78, 5) is 24.9. The first-order valence-corrected chi connectivity index (χ1v) is 9.64. The maximum atomic E-state index is 12.4. The minimum atomic E-state index is -1.00.